The minimum absolute atomic E-state index is 0.133. The molecule has 0 saturated heterocycles. The Balaban J connectivity index is 1.41. The van der Waals surface area contributed by atoms with Gasteiger partial charge in [-0.3, -0.25) is 4.79 Å². The van der Waals surface area contributed by atoms with Crippen molar-refractivity contribution in [2.45, 2.75) is 11.7 Å². The normalized spacial score (nSPS) is 11.0. The van der Waals surface area contributed by atoms with Crippen LogP contribution in [0.5, 0.6) is 0 Å². The zero-order valence-corrected chi connectivity index (χ0v) is 15.0. The molecule has 0 saturated carbocycles. The summed E-state index contributed by atoms with van der Waals surface area (Å²) in [5.41, 5.74) is 3.63. The number of rotatable bonds is 8. The minimum atomic E-state index is -0.133. The number of thioether (sulfide) groups is 1. The summed E-state index contributed by atoms with van der Waals surface area (Å²) >= 11 is 7.04. The Bertz CT molecular complexity index is 863. The highest BCUT2D eigenvalue weighted by Gasteiger charge is 2.08. The fraction of sp³-hybridized carbons (Fsp3) is 0.125. The quantitative estimate of drug-likeness (QED) is 0.310. The molecule has 1 amide bonds. The van der Waals surface area contributed by atoms with E-state index in [1.165, 1.54) is 11.8 Å². The molecule has 0 aliphatic heterocycles. The average molecular weight is 391 g/mol. The molecule has 2 heterocycles. The molecule has 0 aliphatic rings. The molecule has 0 radical (unpaired) electrons. The average Bonchev–Trinajstić information content (AvgIpc) is 3.32. The third-order valence-electron chi connectivity index (χ3n) is 3.09. The summed E-state index contributed by atoms with van der Waals surface area (Å²) in [6.07, 6.45) is 3.20. The number of aromatic amines is 1. The van der Waals surface area contributed by atoms with Crippen LogP contribution in [0.2, 0.25) is 5.02 Å². The molecular weight excluding hydrogens is 376 g/mol. The fourth-order valence-corrected chi connectivity index (χ4v) is 2.61. The lowest BCUT2D eigenvalue weighted by Gasteiger charge is -2.01. The maximum Gasteiger partial charge on any atom is 0.240 e. The first-order valence-corrected chi connectivity index (χ1v) is 8.94. The van der Waals surface area contributed by atoms with Crippen molar-refractivity contribution >= 4 is 41.4 Å². The van der Waals surface area contributed by atoms with Crippen molar-refractivity contribution in [3.63, 3.8) is 0 Å². The van der Waals surface area contributed by atoms with E-state index in [0.29, 0.717) is 28.4 Å². The van der Waals surface area contributed by atoms with Crippen molar-refractivity contribution in [2.24, 2.45) is 5.10 Å². The number of nitrogens with zero attached hydrogens (tertiary/aromatic N) is 3. The zero-order chi connectivity index (χ0) is 18.2. The second-order valence-electron chi connectivity index (χ2n) is 5.03. The maximum absolute atomic E-state index is 11.8. The summed E-state index contributed by atoms with van der Waals surface area (Å²) in [6, 6.07) is 10.8. The van der Waals surface area contributed by atoms with Gasteiger partial charge < -0.3 is 9.73 Å². The predicted molar refractivity (Wildman–Crippen MR) is 100 cm³/mol. The zero-order valence-electron chi connectivity index (χ0n) is 13.5. The summed E-state index contributed by atoms with van der Waals surface area (Å²) in [4.78, 5) is 16.0. The van der Waals surface area contributed by atoms with Crippen LogP contribution >= 0.6 is 23.4 Å². The number of hydrazone groups is 1. The number of hydrogen-bond acceptors (Lipinski definition) is 7. The van der Waals surface area contributed by atoms with Gasteiger partial charge in [-0.05, 0) is 29.8 Å². The number of benzene rings is 1. The summed E-state index contributed by atoms with van der Waals surface area (Å²) in [6.45, 7) is 0.354. The lowest BCUT2D eigenvalue weighted by atomic mass is 10.2. The molecule has 0 aliphatic carbocycles. The molecule has 0 spiro atoms. The Morgan fingerprint density at radius 2 is 2.19 bits per heavy atom. The lowest BCUT2D eigenvalue weighted by molar-refractivity contribution is -0.118. The van der Waals surface area contributed by atoms with Gasteiger partial charge in [0.25, 0.3) is 0 Å². The number of amides is 1. The maximum atomic E-state index is 11.8. The summed E-state index contributed by atoms with van der Waals surface area (Å²) in [5.74, 6) is 1.15. The van der Waals surface area contributed by atoms with E-state index >= 15 is 0 Å². The molecule has 1 aromatic carbocycles. The van der Waals surface area contributed by atoms with Gasteiger partial charge in [-0.2, -0.15) is 10.1 Å². The summed E-state index contributed by atoms with van der Waals surface area (Å²) < 4.78 is 5.15. The van der Waals surface area contributed by atoms with Crippen molar-refractivity contribution in [1.82, 2.24) is 20.5 Å². The van der Waals surface area contributed by atoms with Crippen LogP contribution in [0.4, 0.5) is 5.95 Å². The number of aromatic nitrogens is 3. The van der Waals surface area contributed by atoms with Crippen LogP contribution in [0.15, 0.2) is 57.3 Å². The van der Waals surface area contributed by atoms with Gasteiger partial charge in [0.05, 0.1) is 24.8 Å². The molecule has 0 atom stereocenters. The Morgan fingerprint density at radius 1 is 1.35 bits per heavy atom. The Kier molecular flexibility index (Phi) is 6.29. The molecule has 2 aromatic heterocycles. The van der Waals surface area contributed by atoms with Gasteiger partial charge >= 0.3 is 0 Å². The first-order chi connectivity index (χ1) is 12.7. The van der Waals surface area contributed by atoms with Crippen molar-refractivity contribution in [3.05, 3.63) is 59.0 Å². The lowest BCUT2D eigenvalue weighted by Crippen LogP contribution is -2.24. The number of nitrogens with one attached hydrogen (secondary N) is 3. The monoisotopic (exact) mass is 390 g/mol. The van der Waals surface area contributed by atoms with Crippen LogP contribution < -0.4 is 10.7 Å². The largest absolute Gasteiger partial charge is 0.467 e. The van der Waals surface area contributed by atoms with E-state index in [0.717, 1.165) is 5.56 Å². The van der Waals surface area contributed by atoms with Gasteiger partial charge in [0.1, 0.15) is 5.76 Å². The van der Waals surface area contributed by atoms with Crippen molar-refractivity contribution in [2.75, 3.05) is 11.2 Å². The molecule has 3 rings (SSSR count). The van der Waals surface area contributed by atoms with Crippen molar-refractivity contribution in [3.8, 4) is 0 Å². The number of halogens is 1. The third-order valence-corrected chi connectivity index (χ3v) is 4.19. The topological polar surface area (TPSA) is 108 Å². The molecule has 3 N–H and O–H groups in total. The third kappa shape index (κ3) is 5.64. The van der Waals surface area contributed by atoms with E-state index < -0.39 is 0 Å². The number of furan rings is 1. The van der Waals surface area contributed by atoms with Crippen LogP contribution in [0, 0.1) is 0 Å². The van der Waals surface area contributed by atoms with Gasteiger partial charge in [0.15, 0.2) is 0 Å². The number of carbonyl (C=O) groups is 1. The van der Waals surface area contributed by atoms with E-state index in [2.05, 4.69) is 31.0 Å². The SMILES string of the molecule is O=C(CSc1n[nH]c(N/N=C/c2ccc(Cl)cc2)n1)NCc1ccco1. The number of H-pyrrole nitrogens is 1. The smallest absolute Gasteiger partial charge is 0.240 e. The van der Waals surface area contributed by atoms with Crippen molar-refractivity contribution < 1.29 is 9.21 Å². The predicted octanol–water partition coefficient (Wildman–Crippen LogP) is 2.91. The molecule has 8 nitrogen and oxygen atoms in total. The summed E-state index contributed by atoms with van der Waals surface area (Å²) in [7, 11) is 0. The standard InChI is InChI=1S/C16H15ClN6O2S/c17-12-5-3-11(4-6-12)8-19-21-15-20-16(23-22-15)26-10-14(24)18-9-13-2-1-7-25-13/h1-8H,9-10H2,(H,18,24)(H2,20,21,22,23)/b19-8+. The highest BCUT2D eigenvalue weighted by Crippen LogP contribution is 2.14. The van der Waals surface area contributed by atoms with Gasteiger partial charge in [-0.1, -0.05) is 35.5 Å². The number of anilines is 1. The van der Waals surface area contributed by atoms with Crippen LogP contribution in [0.1, 0.15) is 11.3 Å². The second-order valence-corrected chi connectivity index (χ2v) is 6.41. The number of hydrogen-bond donors (Lipinski definition) is 3. The van der Waals surface area contributed by atoms with Gasteiger partial charge in [-0.25, -0.2) is 10.5 Å². The Labute approximate surface area is 158 Å². The molecule has 0 fully saturated rings. The second kappa shape index (κ2) is 9.07. The van der Waals surface area contributed by atoms with Crippen molar-refractivity contribution in [1.29, 1.82) is 0 Å². The molecule has 134 valence electrons. The van der Waals surface area contributed by atoms with Crippen LogP contribution in [-0.4, -0.2) is 33.1 Å². The van der Waals surface area contributed by atoms with E-state index in [1.807, 2.05) is 12.1 Å². The highest BCUT2D eigenvalue weighted by molar-refractivity contribution is 7.99. The van der Waals surface area contributed by atoms with Crippen LogP contribution in [0.3, 0.4) is 0 Å². The van der Waals surface area contributed by atoms with Gasteiger partial charge in [0.2, 0.25) is 17.0 Å². The molecular formula is C16H15ClN6O2S. The van der Waals surface area contributed by atoms with Gasteiger partial charge in [0, 0.05) is 5.02 Å². The van der Waals surface area contributed by atoms with Gasteiger partial charge in [-0.15, -0.1) is 5.10 Å². The molecule has 0 bridgehead atoms. The van der Waals surface area contributed by atoms with Crippen LogP contribution in [-0.2, 0) is 11.3 Å². The Morgan fingerprint density at radius 3 is 2.96 bits per heavy atom. The minimum Gasteiger partial charge on any atom is -0.467 e. The van der Waals surface area contributed by atoms with E-state index in [4.69, 9.17) is 16.0 Å². The molecule has 0 unspecified atom stereocenters. The summed E-state index contributed by atoms with van der Waals surface area (Å²) in [5, 5.41) is 14.6. The van der Waals surface area contributed by atoms with E-state index in [1.54, 1.807) is 36.7 Å². The van der Waals surface area contributed by atoms with Crippen LogP contribution in [0.25, 0.3) is 0 Å². The Hall–Kier alpha value is -2.78. The van der Waals surface area contributed by atoms with E-state index in [9.17, 15) is 4.79 Å². The fourth-order valence-electron chi connectivity index (χ4n) is 1.86. The molecule has 26 heavy (non-hydrogen) atoms. The first kappa shape index (κ1) is 18.0. The highest BCUT2D eigenvalue weighted by atomic mass is 35.5. The number of carbonyl (C=O) groups excluding carboxylic acids is 1. The molecule has 10 heteroatoms. The molecule has 3 aromatic rings. The first-order valence-electron chi connectivity index (χ1n) is 7.58. The van der Waals surface area contributed by atoms with E-state index in [-0.39, 0.29) is 11.7 Å².